The zero-order valence-corrected chi connectivity index (χ0v) is 13.6. The lowest BCUT2D eigenvalue weighted by atomic mass is 9.80. The van der Waals surface area contributed by atoms with Crippen LogP contribution in [0.5, 0.6) is 0 Å². The van der Waals surface area contributed by atoms with Crippen molar-refractivity contribution in [1.29, 1.82) is 0 Å². The summed E-state index contributed by atoms with van der Waals surface area (Å²) in [5.74, 6) is 0. The van der Waals surface area contributed by atoms with Gasteiger partial charge in [0.25, 0.3) is 0 Å². The Balaban J connectivity index is 2.63. The molecular formula is C14H25BO3Si. The summed E-state index contributed by atoms with van der Waals surface area (Å²) in [7, 11) is -3.11. The lowest BCUT2D eigenvalue weighted by molar-refractivity contribution is 0.280. The summed E-state index contributed by atoms with van der Waals surface area (Å²) in [5.41, 5.74) is 1.77. The molecule has 0 amide bonds. The van der Waals surface area contributed by atoms with E-state index >= 15 is 0 Å². The van der Waals surface area contributed by atoms with E-state index < -0.39 is 15.4 Å². The Morgan fingerprint density at radius 1 is 1.21 bits per heavy atom. The first kappa shape index (κ1) is 16.4. The first-order chi connectivity index (χ1) is 8.59. The van der Waals surface area contributed by atoms with Crippen molar-refractivity contribution in [2.24, 2.45) is 5.41 Å². The number of hydrogen-bond acceptors (Lipinski definition) is 3. The highest BCUT2D eigenvalue weighted by Crippen LogP contribution is 2.28. The van der Waals surface area contributed by atoms with Gasteiger partial charge in [0.15, 0.2) is 8.32 Å². The molecule has 0 aromatic heterocycles. The number of rotatable bonds is 5. The normalized spacial score (nSPS) is 12.6. The molecule has 0 radical (unpaired) electrons. The highest BCUT2D eigenvalue weighted by atomic mass is 28.4. The van der Waals surface area contributed by atoms with Crippen molar-refractivity contribution in [3.8, 4) is 0 Å². The van der Waals surface area contributed by atoms with Crippen LogP contribution >= 0.6 is 0 Å². The highest BCUT2D eigenvalue weighted by Gasteiger charge is 2.29. The van der Waals surface area contributed by atoms with E-state index in [-0.39, 0.29) is 5.41 Å². The van der Waals surface area contributed by atoms with Crippen LogP contribution in [0.25, 0.3) is 0 Å². The zero-order valence-electron chi connectivity index (χ0n) is 12.6. The van der Waals surface area contributed by atoms with Gasteiger partial charge >= 0.3 is 7.12 Å². The van der Waals surface area contributed by atoms with Crippen LogP contribution in [0.2, 0.25) is 19.1 Å². The average Bonchev–Trinajstić information content (AvgIpc) is 2.24. The van der Waals surface area contributed by atoms with Crippen LogP contribution < -0.4 is 5.46 Å². The van der Waals surface area contributed by atoms with Crippen LogP contribution in [0.4, 0.5) is 0 Å². The van der Waals surface area contributed by atoms with Crippen LogP contribution in [0, 0.1) is 5.41 Å². The monoisotopic (exact) mass is 280 g/mol. The first-order valence-corrected chi connectivity index (χ1v) is 9.80. The molecule has 0 bridgehead atoms. The van der Waals surface area contributed by atoms with Gasteiger partial charge in [-0.25, -0.2) is 0 Å². The van der Waals surface area contributed by atoms with Gasteiger partial charge in [0.05, 0.1) is 6.61 Å². The molecule has 0 saturated heterocycles. The molecule has 3 nitrogen and oxygen atoms in total. The largest absolute Gasteiger partial charge is 0.488 e. The maximum Gasteiger partial charge on any atom is 0.488 e. The van der Waals surface area contributed by atoms with Crippen molar-refractivity contribution in [1.82, 2.24) is 0 Å². The Morgan fingerprint density at radius 2 is 1.84 bits per heavy atom. The number of benzene rings is 1. The second kappa shape index (κ2) is 6.22. The molecule has 0 aliphatic heterocycles. The first-order valence-electron chi connectivity index (χ1n) is 6.68. The van der Waals surface area contributed by atoms with E-state index in [0.717, 1.165) is 11.6 Å². The standard InChI is InChI=1S/C14H25BO3Si/c1-14(2,3)11-19(4,5)18-10-12-7-6-8-13(9-12)15(16)17/h6-9,16-17H,10-11H2,1-5H3. The Hall–Kier alpha value is -0.618. The van der Waals surface area contributed by atoms with Crippen molar-refractivity contribution >= 4 is 20.9 Å². The van der Waals surface area contributed by atoms with Crippen LogP contribution in [0.1, 0.15) is 26.3 Å². The van der Waals surface area contributed by atoms with Gasteiger partial charge < -0.3 is 14.5 Å². The van der Waals surface area contributed by atoms with Gasteiger partial charge in [-0.15, -0.1) is 0 Å². The van der Waals surface area contributed by atoms with Gasteiger partial charge in [-0.2, -0.15) is 0 Å². The molecule has 2 N–H and O–H groups in total. The molecular weight excluding hydrogens is 255 g/mol. The van der Waals surface area contributed by atoms with Crippen LogP contribution in [-0.2, 0) is 11.0 Å². The van der Waals surface area contributed by atoms with E-state index in [2.05, 4.69) is 33.9 Å². The molecule has 19 heavy (non-hydrogen) atoms. The van der Waals surface area contributed by atoms with E-state index in [1.54, 1.807) is 12.1 Å². The van der Waals surface area contributed by atoms with E-state index in [1.165, 1.54) is 0 Å². The molecule has 0 atom stereocenters. The summed E-state index contributed by atoms with van der Waals surface area (Å²) in [6.45, 7) is 11.7. The fraction of sp³-hybridized carbons (Fsp3) is 0.571. The predicted octanol–water partition coefficient (Wildman–Crippen LogP) is 2.13. The SMILES string of the molecule is CC(C)(C)C[Si](C)(C)OCc1cccc(B(O)O)c1. The van der Waals surface area contributed by atoms with Crippen molar-refractivity contribution in [3.05, 3.63) is 29.8 Å². The smallest absolute Gasteiger partial charge is 0.423 e. The Morgan fingerprint density at radius 3 is 2.37 bits per heavy atom. The fourth-order valence-electron chi connectivity index (χ4n) is 2.45. The summed E-state index contributed by atoms with van der Waals surface area (Å²) in [5, 5.41) is 18.3. The molecule has 0 fully saturated rings. The summed E-state index contributed by atoms with van der Waals surface area (Å²) >= 11 is 0. The Kier molecular flexibility index (Phi) is 5.38. The molecule has 1 aromatic carbocycles. The molecule has 0 aliphatic carbocycles. The molecule has 0 spiro atoms. The van der Waals surface area contributed by atoms with Gasteiger partial charge in [-0.3, -0.25) is 0 Å². The maximum atomic E-state index is 9.15. The van der Waals surface area contributed by atoms with E-state index in [4.69, 9.17) is 14.5 Å². The van der Waals surface area contributed by atoms with Gasteiger partial charge in [-0.05, 0) is 35.6 Å². The fourth-order valence-corrected chi connectivity index (χ4v) is 5.66. The second-order valence-electron chi connectivity index (χ2n) is 6.90. The topological polar surface area (TPSA) is 49.7 Å². The van der Waals surface area contributed by atoms with Crippen molar-refractivity contribution < 1.29 is 14.5 Å². The number of hydrogen-bond donors (Lipinski definition) is 2. The summed E-state index contributed by atoms with van der Waals surface area (Å²) in [6, 6.07) is 8.36. The Bertz CT molecular complexity index is 413. The van der Waals surface area contributed by atoms with E-state index in [0.29, 0.717) is 12.1 Å². The molecule has 0 heterocycles. The summed E-state index contributed by atoms with van der Waals surface area (Å²) in [4.78, 5) is 0. The molecule has 0 unspecified atom stereocenters. The minimum Gasteiger partial charge on any atom is -0.423 e. The van der Waals surface area contributed by atoms with Crippen molar-refractivity contribution in [2.75, 3.05) is 0 Å². The highest BCUT2D eigenvalue weighted by molar-refractivity contribution is 6.71. The van der Waals surface area contributed by atoms with Crippen molar-refractivity contribution in [2.45, 2.75) is 46.5 Å². The third-order valence-electron chi connectivity index (χ3n) is 2.83. The molecule has 106 valence electrons. The summed E-state index contributed by atoms with van der Waals surface area (Å²) in [6.07, 6.45) is 0. The molecule has 0 saturated carbocycles. The minimum atomic E-state index is -1.69. The van der Waals surface area contributed by atoms with E-state index in [1.807, 2.05) is 12.1 Å². The minimum absolute atomic E-state index is 0.277. The third-order valence-corrected chi connectivity index (χ3v) is 5.67. The van der Waals surface area contributed by atoms with Gasteiger partial charge in [-0.1, -0.05) is 45.0 Å². The van der Waals surface area contributed by atoms with Crippen molar-refractivity contribution in [3.63, 3.8) is 0 Å². The second-order valence-corrected chi connectivity index (χ2v) is 11.1. The van der Waals surface area contributed by atoms with Crippen LogP contribution in [-0.4, -0.2) is 25.5 Å². The van der Waals surface area contributed by atoms with Crippen LogP contribution in [0.3, 0.4) is 0 Å². The quantitative estimate of drug-likeness (QED) is 0.812. The van der Waals surface area contributed by atoms with E-state index in [9.17, 15) is 0 Å². The summed E-state index contributed by atoms with van der Waals surface area (Å²) < 4.78 is 6.10. The average molecular weight is 280 g/mol. The molecule has 1 aromatic rings. The maximum absolute atomic E-state index is 9.15. The third kappa shape index (κ3) is 6.38. The molecule has 1 rings (SSSR count). The Labute approximate surface area is 117 Å². The lowest BCUT2D eigenvalue weighted by Crippen LogP contribution is -2.35. The van der Waals surface area contributed by atoms with Gasteiger partial charge in [0, 0.05) is 0 Å². The van der Waals surface area contributed by atoms with Crippen LogP contribution in [0.15, 0.2) is 24.3 Å². The van der Waals surface area contributed by atoms with Gasteiger partial charge in [0.1, 0.15) is 0 Å². The lowest BCUT2D eigenvalue weighted by Gasteiger charge is -2.30. The predicted molar refractivity (Wildman–Crippen MR) is 82.8 cm³/mol. The molecule has 0 aliphatic rings. The molecule has 5 heteroatoms. The zero-order chi connectivity index (χ0) is 14.7. The van der Waals surface area contributed by atoms with Gasteiger partial charge in [0.2, 0.25) is 0 Å².